The van der Waals surface area contributed by atoms with Crippen LogP contribution >= 0.6 is 34.7 Å². The summed E-state index contributed by atoms with van der Waals surface area (Å²) in [4.78, 5) is 24.2. The van der Waals surface area contributed by atoms with Crippen molar-refractivity contribution in [3.05, 3.63) is 16.5 Å². The number of thioether (sulfide) groups is 1. The Labute approximate surface area is 113 Å². The first-order valence-electron chi connectivity index (χ1n) is 5.36. The molecule has 2 rings (SSSR count). The molecule has 0 saturated heterocycles. The zero-order valence-electron chi connectivity index (χ0n) is 9.12. The topological polar surface area (TPSA) is 46.2 Å². The van der Waals surface area contributed by atoms with Gasteiger partial charge in [0.05, 0.1) is 14.6 Å². The molecule has 0 unspecified atom stereocenters. The van der Waals surface area contributed by atoms with Crippen molar-refractivity contribution in [3.63, 3.8) is 0 Å². The van der Waals surface area contributed by atoms with Gasteiger partial charge in [0.1, 0.15) is 0 Å². The van der Waals surface area contributed by atoms with Gasteiger partial charge in [-0.3, -0.25) is 9.59 Å². The number of hydrogen-bond acceptors (Lipinski definition) is 4. The molecular weight excluding hydrogens is 278 g/mol. The highest BCUT2D eigenvalue weighted by molar-refractivity contribution is 8.01. The highest BCUT2D eigenvalue weighted by Gasteiger charge is 2.21. The zero-order chi connectivity index (χ0) is 12.3. The smallest absolute Gasteiger partial charge is 0.253 e. The number of carbonyl (C=O) groups excluding carboxylic acids is 2. The molecule has 0 fully saturated rings. The maximum atomic E-state index is 11.8. The van der Waals surface area contributed by atoms with E-state index in [1.165, 1.54) is 11.3 Å². The molecule has 3 nitrogen and oxygen atoms in total. The predicted molar refractivity (Wildman–Crippen MR) is 71.7 cm³/mol. The first-order valence-corrected chi connectivity index (χ1v) is 7.70. The van der Waals surface area contributed by atoms with Crippen molar-refractivity contribution in [1.82, 2.24) is 5.32 Å². The Morgan fingerprint density at radius 2 is 2.35 bits per heavy atom. The molecule has 92 valence electrons. The van der Waals surface area contributed by atoms with Gasteiger partial charge in [0.25, 0.3) is 5.91 Å². The van der Waals surface area contributed by atoms with Gasteiger partial charge in [0.15, 0.2) is 5.78 Å². The minimum atomic E-state index is -0.0716. The van der Waals surface area contributed by atoms with Gasteiger partial charge in [-0.25, -0.2) is 0 Å². The minimum Gasteiger partial charge on any atom is -0.351 e. The molecule has 0 radical (unpaired) electrons. The molecule has 1 aromatic rings. The summed E-state index contributed by atoms with van der Waals surface area (Å²) in [6.45, 7) is 0.681. The molecule has 17 heavy (non-hydrogen) atoms. The van der Waals surface area contributed by atoms with Crippen LogP contribution in [0.2, 0.25) is 0 Å². The standard InChI is InChI=1S/C11H12ClNO2S2/c12-3-1-2-8(14)9-6-7-10(15)13-4-5-16-11(7)17-9/h6H,1-5H2,(H,13,15). The summed E-state index contributed by atoms with van der Waals surface area (Å²) in [7, 11) is 0. The van der Waals surface area contributed by atoms with E-state index in [4.69, 9.17) is 11.6 Å². The summed E-state index contributed by atoms with van der Waals surface area (Å²) in [6, 6.07) is 1.71. The highest BCUT2D eigenvalue weighted by atomic mass is 35.5. The van der Waals surface area contributed by atoms with Gasteiger partial charge < -0.3 is 5.32 Å². The van der Waals surface area contributed by atoms with Gasteiger partial charge in [-0.15, -0.1) is 34.7 Å². The lowest BCUT2D eigenvalue weighted by Crippen LogP contribution is -2.23. The number of fused-ring (bicyclic) bond motifs is 1. The zero-order valence-corrected chi connectivity index (χ0v) is 11.5. The van der Waals surface area contributed by atoms with E-state index >= 15 is 0 Å². The van der Waals surface area contributed by atoms with Crippen molar-refractivity contribution in [2.45, 2.75) is 17.1 Å². The van der Waals surface area contributed by atoms with Crippen LogP contribution in [-0.4, -0.2) is 29.9 Å². The molecule has 0 bridgehead atoms. The summed E-state index contributed by atoms with van der Waals surface area (Å²) in [5.41, 5.74) is 0.645. The fourth-order valence-corrected chi connectivity index (χ4v) is 3.97. The molecule has 0 aliphatic carbocycles. The van der Waals surface area contributed by atoms with Crippen LogP contribution in [0.1, 0.15) is 32.9 Å². The maximum Gasteiger partial charge on any atom is 0.253 e. The number of Topliss-reactive ketones (excluding diaryl/α,β-unsaturated/α-hetero) is 1. The van der Waals surface area contributed by atoms with Crippen LogP contribution in [0.3, 0.4) is 0 Å². The molecule has 0 saturated carbocycles. The third kappa shape index (κ3) is 3.03. The van der Waals surface area contributed by atoms with Gasteiger partial charge in [-0.2, -0.15) is 0 Å². The van der Waals surface area contributed by atoms with Crippen molar-refractivity contribution >= 4 is 46.4 Å². The summed E-state index contributed by atoms with van der Waals surface area (Å²) in [5, 5.41) is 2.81. The Hall–Kier alpha value is -0.520. The van der Waals surface area contributed by atoms with Crippen LogP contribution in [-0.2, 0) is 0 Å². The summed E-state index contributed by atoms with van der Waals surface area (Å²) in [6.07, 6.45) is 1.14. The van der Waals surface area contributed by atoms with E-state index in [-0.39, 0.29) is 11.7 Å². The highest BCUT2D eigenvalue weighted by Crippen LogP contribution is 2.34. The van der Waals surface area contributed by atoms with E-state index in [0.717, 1.165) is 9.96 Å². The van der Waals surface area contributed by atoms with Crippen molar-refractivity contribution < 1.29 is 9.59 Å². The Morgan fingerprint density at radius 3 is 3.12 bits per heavy atom. The van der Waals surface area contributed by atoms with E-state index in [1.54, 1.807) is 17.8 Å². The number of carbonyl (C=O) groups is 2. The van der Waals surface area contributed by atoms with E-state index in [0.29, 0.717) is 35.7 Å². The largest absolute Gasteiger partial charge is 0.351 e. The van der Waals surface area contributed by atoms with Crippen molar-refractivity contribution in [2.24, 2.45) is 0 Å². The molecule has 1 N–H and O–H groups in total. The molecule has 0 spiro atoms. The normalized spacial score (nSPS) is 15.0. The van der Waals surface area contributed by atoms with Crippen molar-refractivity contribution in [1.29, 1.82) is 0 Å². The van der Waals surface area contributed by atoms with Crippen LogP contribution in [0, 0.1) is 0 Å². The van der Waals surface area contributed by atoms with Gasteiger partial charge >= 0.3 is 0 Å². The number of halogens is 1. The summed E-state index contributed by atoms with van der Waals surface area (Å²) in [5.74, 6) is 1.36. The van der Waals surface area contributed by atoms with Gasteiger partial charge in [0.2, 0.25) is 0 Å². The molecule has 0 aromatic carbocycles. The third-order valence-electron chi connectivity index (χ3n) is 2.38. The maximum absolute atomic E-state index is 11.8. The number of hydrogen-bond donors (Lipinski definition) is 1. The lowest BCUT2D eigenvalue weighted by atomic mass is 10.2. The van der Waals surface area contributed by atoms with Gasteiger partial charge in [-0.05, 0) is 12.5 Å². The van der Waals surface area contributed by atoms with Crippen LogP contribution in [0.4, 0.5) is 0 Å². The van der Waals surface area contributed by atoms with Crippen LogP contribution in [0.15, 0.2) is 10.3 Å². The Bertz CT molecular complexity index is 445. The molecule has 1 aliphatic heterocycles. The number of rotatable bonds is 4. The molecule has 2 heterocycles. The summed E-state index contributed by atoms with van der Waals surface area (Å²) < 4.78 is 0.953. The molecule has 0 atom stereocenters. The Morgan fingerprint density at radius 1 is 1.53 bits per heavy atom. The number of thiophene rings is 1. The second-order valence-corrected chi connectivity index (χ2v) is 6.43. The Kier molecular flexibility index (Phi) is 4.48. The van der Waals surface area contributed by atoms with Gasteiger partial charge in [-0.1, -0.05) is 0 Å². The fraction of sp³-hybridized carbons (Fsp3) is 0.455. The number of nitrogens with one attached hydrogen (secondary N) is 1. The molecule has 1 aromatic heterocycles. The number of ketones is 1. The molecular formula is C11H12ClNO2S2. The number of amides is 1. The minimum absolute atomic E-state index is 0.0716. The Balaban J connectivity index is 2.19. The lowest BCUT2D eigenvalue weighted by Gasteiger charge is -1.97. The number of alkyl halides is 1. The molecule has 1 aliphatic rings. The predicted octanol–water partition coefficient (Wildman–Crippen LogP) is 2.79. The van der Waals surface area contributed by atoms with E-state index in [9.17, 15) is 9.59 Å². The van der Waals surface area contributed by atoms with Crippen molar-refractivity contribution in [2.75, 3.05) is 18.2 Å². The monoisotopic (exact) mass is 289 g/mol. The fourth-order valence-electron chi connectivity index (χ4n) is 1.53. The SMILES string of the molecule is O=C(CCCCl)c1cc2c(s1)SCCNC2=O. The summed E-state index contributed by atoms with van der Waals surface area (Å²) >= 11 is 8.61. The van der Waals surface area contributed by atoms with Crippen molar-refractivity contribution in [3.8, 4) is 0 Å². The first-order chi connectivity index (χ1) is 8.22. The molecule has 6 heteroatoms. The third-order valence-corrected chi connectivity index (χ3v) is 5.11. The first kappa shape index (κ1) is 12.9. The second-order valence-electron chi connectivity index (χ2n) is 3.63. The van der Waals surface area contributed by atoms with Crippen LogP contribution in [0.25, 0.3) is 0 Å². The second kappa shape index (κ2) is 5.89. The van der Waals surface area contributed by atoms with E-state index in [1.807, 2.05) is 0 Å². The van der Waals surface area contributed by atoms with E-state index < -0.39 is 0 Å². The van der Waals surface area contributed by atoms with E-state index in [2.05, 4.69) is 5.32 Å². The lowest BCUT2D eigenvalue weighted by molar-refractivity contribution is 0.0955. The average Bonchev–Trinajstić information content (AvgIpc) is 2.68. The van der Waals surface area contributed by atoms with Crippen LogP contribution in [0.5, 0.6) is 0 Å². The van der Waals surface area contributed by atoms with Gasteiger partial charge in [0, 0.05) is 24.6 Å². The quantitative estimate of drug-likeness (QED) is 0.685. The average molecular weight is 290 g/mol. The van der Waals surface area contributed by atoms with Crippen LogP contribution < -0.4 is 5.32 Å². The molecule has 1 amide bonds.